The first-order valence-corrected chi connectivity index (χ1v) is 3.29. The Morgan fingerprint density at radius 2 is 2.62 bits per heavy atom. The zero-order chi connectivity index (χ0) is 6.41. The zero-order valence-corrected chi connectivity index (χ0v) is 7.05. The molecular weight excluding hydrogens is 121 g/mol. The van der Waals surface area contributed by atoms with E-state index in [9.17, 15) is 4.79 Å². The molecule has 0 aliphatic carbocycles. The van der Waals surface area contributed by atoms with Gasteiger partial charge in [0.15, 0.2) is 0 Å². The van der Waals surface area contributed by atoms with Crippen molar-refractivity contribution in [1.82, 2.24) is 0 Å². The first kappa shape index (κ1) is 7.67. The summed E-state index contributed by atoms with van der Waals surface area (Å²) in [6, 6.07) is 0. The van der Waals surface area contributed by atoms with Crippen molar-refractivity contribution in [3.05, 3.63) is 0 Å². The molecule has 3 nitrogen and oxygen atoms in total. The second-order valence-electron chi connectivity index (χ2n) is 1.14. The molecule has 0 bridgehead atoms. The molecule has 44 valence electrons. The van der Waals surface area contributed by atoms with E-state index in [1.165, 1.54) is 6.21 Å². The first-order chi connectivity index (χ1) is 3.81. The maximum atomic E-state index is 10.3. The third-order valence-electron chi connectivity index (χ3n) is 0.521. The van der Waals surface area contributed by atoms with Gasteiger partial charge in [-0.15, -0.1) is 0 Å². The van der Waals surface area contributed by atoms with Gasteiger partial charge >= 0.3 is 22.5 Å². The van der Waals surface area contributed by atoms with Gasteiger partial charge in [-0.3, -0.25) is 0 Å². The van der Waals surface area contributed by atoms with Crippen LogP contribution in [-0.4, -0.2) is 35.3 Å². The predicted octanol–water partition coefficient (Wildman–Crippen LogP) is -0.832. The molecule has 0 atom stereocenters. The number of carbonyl (C=O) groups is 1. The minimum absolute atomic E-state index is 0.345. The second kappa shape index (κ2) is 4.82. The van der Waals surface area contributed by atoms with Crippen LogP contribution in [0.1, 0.15) is 6.92 Å². The van der Waals surface area contributed by atoms with E-state index < -0.39 is 0 Å². The predicted molar refractivity (Wildman–Crippen MR) is 33.7 cm³/mol. The van der Waals surface area contributed by atoms with E-state index in [0.717, 1.165) is 0 Å². The van der Waals surface area contributed by atoms with Gasteiger partial charge in [0.1, 0.15) is 0 Å². The highest BCUT2D eigenvalue weighted by Crippen LogP contribution is 1.70. The van der Waals surface area contributed by atoms with Crippen molar-refractivity contribution in [2.45, 2.75) is 6.92 Å². The van der Waals surface area contributed by atoms with Gasteiger partial charge in [0.25, 0.3) is 0 Å². The smallest absolute Gasteiger partial charge is 0.390 e. The van der Waals surface area contributed by atoms with Gasteiger partial charge in [-0.2, -0.15) is 0 Å². The van der Waals surface area contributed by atoms with Gasteiger partial charge in [-0.05, 0) is 6.92 Å². The number of ether oxygens (including phenoxy) is 1. The number of esters is 1. The van der Waals surface area contributed by atoms with Crippen molar-refractivity contribution in [3.8, 4) is 0 Å². The minimum Gasteiger partial charge on any atom is -0.462 e. The molecule has 0 radical (unpaired) electrons. The molecule has 0 N–H and O–H groups in total. The van der Waals surface area contributed by atoms with E-state index >= 15 is 0 Å². The average molecular weight is 129 g/mol. The Labute approximate surface area is 56.4 Å². The largest absolute Gasteiger partial charge is 0.462 e. The lowest BCUT2D eigenvalue weighted by molar-refractivity contribution is -0.134. The topological polar surface area (TPSA) is 38.7 Å². The molecule has 0 aromatic heterocycles. The Morgan fingerprint density at radius 3 is 3.00 bits per heavy atom. The summed E-state index contributed by atoms with van der Waals surface area (Å²) in [6.07, 6.45) is 1.20. The quantitative estimate of drug-likeness (QED) is 0.277. The van der Waals surface area contributed by atoms with Crippen LogP contribution >= 0.6 is 0 Å². The van der Waals surface area contributed by atoms with Crippen LogP contribution in [0.2, 0.25) is 0 Å². The SMILES string of the molecule is CCOC(=O)C=[N][AlH2]. The van der Waals surface area contributed by atoms with Gasteiger partial charge in [-0.25, -0.2) is 4.79 Å². The Kier molecular flexibility index (Phi) is 4.62. The van der Waals surface area contributed by atoms with Crippen LogP contribution in [0.15, 0.2) is 3.98 Å². The fraction of sp³-hybridized carbons (Fsp3) is 0.500. The minimum atomic E-state index is -0.345. The van der Waals surface area contributed by atoms with E-state index in [0.29, 0.717) is 23.1 Å². The molecule has 0 amide bonds. The summed E-state index contributed by atoms with van der Waals surface area (Å²) < 4.78 is 8.11. The fourth-order valence-electron chi connectivity index (χ4n) is 0.285. The molecule has 0 aromatic carbocycles. The van der Waals surface area contributed by atoms with Crippen LogP contribution in [0, 0.1) is 0 Å². The Hall–Kier alpha value is -0.328. The Balaban J connectivity index is 3.33. The Bertz CT molecular complexity index is 102. The van der Waals surface area contributed by atoms with E-state index in [1.807, 2.05) is 0 Å². The monoisotopic (exact) mass is 129 g/mol. The molecule has 0 saturated heterocycles. The maximum Gasteiger partial charge on any atom is 0.390 e. The van der Waals surface area contributed by atoms with Crippen LogP contribution in [0.4, 0.5) is 0 Å². The highest BCUT2D eigenvalue weighted by atomic mass is 27.1. The summed E-state index contributed by atoms with van der Waals surface area (Å²) in [5, 5.41) is 0. The van der Waals surface area contributed by atoms with Crippen molar-refractivity contribution in [2.24, 2.45) is 3.98 Å². The molecule has 0 aliphatic rings. The summed E-state index contributed by atoms with van der Waals surface area (Å²) in [7, 11) is 0. The van der Waals surface area contributed by atoms with Crippen LogP contribution in [0.3, 0.4) is 0 Å². The number of nitrogens with zero attached hydrogens (tertiary/aromatic N) is 1. The number of rotatable bonds is 2. The van der Waals surface area contributed by atoms with Crippen LogP contribution in [-0.2, 0) is 9.53 Å². The molecule has 0 fully saturated rings. The molecular formula is C4H8AlNO2. The van der Waals surface area contributed by atoms with Crippen molar-refractivity contribution in [2.75, 3.05) is 6.61 Å². The third kappa shape index (κ3) is 3.85. The van der Waals surface area contributed by atoms with E-state index in [4.69, 9.17) is 0 Å². The van der Waals surface area contributed by atoms with Gasteiger partial charge in [0.05, 0.1) is 12.8 Å². The lowest BCUT2D eigenvalue weighted by Crippen LogP contribution is -2.04. The summed E-state index contributed by atoms with van der Waals surface area (Å²) in [5.41, 5.74) is 0. The summed E-state index contributed by atoms with van der Waals surface area (Å²) in [6.45, 7) is 2.19. The van der Waals surface area contributed by atoms with Crippen LogP contribution in [0.25, 0.3) is 0 Å². The number of hydrogen-bond acceptors (Lipinski definition) is 3. The van der Waals surface area contributed by atoms with Crippen LogP contribution < -0.4 is 0 Å². The van der Waals surface area contributed by atoms with Gasteiger partial charge < -0.3 is 8.71 Å². The lowest BCUT2D eigenvalue weighted by Gasteiger charge is -1.91. The van der Waals surface area contributed by atoms with Gasteiger partial charge in [-0.1, -0.05) is 0 Å². The molecule has 0 heterocycles. The normalized spacial score (nSPS) is 9.62. The highest BCUT2D eigenvalue weighted by Gasteiger charge is 1.89. The summed E-state index contributed by atoms with van der Waals surface area (Å²) in [4.78, 5) is 10.3. The maximum absolute atomic E-state index is 10.3. The molecule has 0 rings (SSSR count). The molecule has 8 heavy (non-hydrogen) atoms. The molecule has 0 aromatic rings. The van der Waals surface area contributed by atoms with E-state index in [-0.39, 0.29) is 5.97 Å². The van der Waals surface area contributed by atoms with E-state index in [1.54, 1.807) is 6.92 Å². The molecule has 0 aliphatic heterocycles. The molecule has 4 heteroatoms. The lowest BCUT2D eigenvalue weighted by atomic mass is 10.7. The first-order valence-electron chi connectivity index (χ1n) is 2.40. The van der Waals surface area contributed by atoms with Crippen LogP contribution in [0.5, 0.6) is 0 Å². The van der Waals surface area contributed by atoms with Crippen molar-refractivity contribution >= 4 is 28.7 Å². The fourth-order valence-corrected chi connectivity index (χ4v) is 0.496. The molecule has 0 spiro atoms. The summed E-state index contributed by atoms with van der Waals surface area (Å²) in [5.74, 6) is -0.345. The van der Waals surface area contributed by atoms with Crippen molar-refractivity contribution in [1.29, 1.82) is 0 Å². The molecule has 0 unspecified atom stereocenters. The van der Waals surface area contributed by atoms with Gasteiger partial charge in [0, 0.05) is 0 Å². The average Bonchev–Trinajstić information content (AvgIpc) is 1.68. The third-order valence-corrected chi connectivity index (χ3v) is 0.779. The summed E-state index contributed by atoms with van der Waals surface area (Å²) >= 11 is 0.663. The highest BCUT2D eigenvalue weighted by molar-refractivity contribution is 6.28. The van der Waals surface area contributed by atoms with E-state index in [2.05, 4.69) is 8.71 Å². The Morgan fingerprint density at radius 1 is 2.00 bits per heavy atom. The standard InChI is InChI=1S/C4H6NO2.Al.2H/c1-2-7-4(6)3-5;;;/h3H,2H2,1H3;;;/q-1;+1;;. The van der Waals surface area contributed by atoms with Gasteiger partial charge in [0.2, 0.25) is 0 Å². The number of carbonyl (C=O) groups excluding carboxylic acids is 1. The molecule has 0 saturated carbocycles. The van der Waals surface area contributed by atoms with Crippen molar-refractivity contribution in [3.63, 3.8) is 0 Å². The second-order valence-corrected chi connectivity index (χ2v) is 1.66. The van der Waals surface area contributed by atoms with Crippen molar-refractivity contribution < 1.29 is 9.53 Å². The zero-order valence-electron chi connectivity index (χ0n) is 5.05. The number of hydrogen-bond donors (Lipinski definition) is 0.